The summed E-state index contributed by atoms with van der Waals surface area (Å²) in [5, 5.41) is 10.2. The molecule has 3 rings (SSSR count). The van der Waals surface area contributed by atoms with Gasteiger partial charge < -0.3 is 10.3 Å². The van der Waals surface area contributed by atoms with E-state index in [0.717, 1.165) is 34.6 Å². The van der Waals surface area contributed by atoms with Crippen molar-refractivity contribution in [2.75, 3.05) is 5.73 Å². The normalized spacial score (nSPS) is 16.6. The Hall–Kier alpha value is -1.95. The van der Waals surface area contributed by atoms with E-state index in [1.54, 1.807) is 0 Å². The summed E-state index contributed by atoms with van der Waals surface area (Å²) in [5.74, 6) is 0.758. The number of nitrogens with two attached hydrogens (primary N) is 1. The molecule has 0 spiro atoms. The largest absolute Gasteiger partial charge is 0.399 e. The smallest absolute Gasteiger partial charge is 0.101 e. The topological polar surface area (TPSA) is 54.7 Å². The zero-order chi connectivity index (χ0) is 13.2. The monoisotopic (exact) mass is 253 g/mol. The number of anilines is 1. The Morgan fingerprint density at radius 1 is 1.26 bits per heavy atom. The second-order valence-electron chi connectivity index (χ2n) is 5.59. The average molecular weight is 253 g/mol. The number of aromatic nitrogens is 1. The minimum Gasteiger partial charge on any atom is -0.399 e. The van der Waals surface area contributed by atoms with Crippen LogP contribution in [0, 0.1) is 17.2 Å². The molecule has 3 heteroatoms. The van der Waals surface area contributed by atoms with Crippen LogP contribution in [0.3, 0.4) is 0 Å². The van der Waals surface area contributed by atoms with Crippen LogP contribution in [-0.4, -0.2) is 4.57 Å². The SMILES string of the molecule is N#Cc1cn(CC2CCCCC2)c2ccc(N)cc12. The van der Waals surface area contributed by atoms with Gasteiger partial charge in [0.05, 0.1) is 5.56 Å². The number of nitrogen functional groups attached to an aromatic ring is 1. The highest BCUT2D eigenvalue weighted by Crippen LogP contribution is 2.29. The molecule has 2 N–H and O–H groups in total. The molecule has 1 saturated carbocycles. The second kappa shape index (κ2) is 4.97. The number of fused-ring (bicyclic) bond motifs is 1. The summed E-state index contributed by atoms with van der Waals surface area (Å²) in [6.07, 6.45) is 8.69. The summed E-state index contributed by atoms with van der Waals surface area (Å²) in [5.41, 5.74) is 8.41. The maximum Gasteiger partial charge on any atom is 0.101 e. The van der Waals surface area contributed by atoms with Gasteiger partial charge in [-0.1, -0.05) is 19.3 Å². The molecule has 1 aromatic heterocycles. The van der Waals surface area contributed by atoms with Gasteiger partial charge in [-0.2, -0.15) is 5.26 Å². The third kappa shape index (κ3) is 2.31. The third-order valence-corrected chi connectivity index (χ3v) is 4.21. The van der Waals surface area contributed by atoms with Crippen LogP contribution in [0.25, 0.3) is 10.9 Å². The fourth-order valence-corrected chi connectivity index (χ4v) is 3.20. The van der Waals surface area contributed by atoms with E-state index in [4.69, 9.17) is 5.73 Å². The highest BCUT2D eigenvalue weighted by molar-refractivity contribution is 5.88. The maximum absolute atomic E-state index is 9.24. The lowest BCUT2D eigenvalue weighted by Crippen LogP contribution is -2.13. The lowest BCUT2D eigenvalue weighted by Gasteiger charge is -2.22. The minimum absolute atomic E-state index is 0.722. The van der Waals surface area contributed by atoms with Crippen LogP contribution in [0.2, 0.25) is 0 Å². The summed E-state index contributed by atoms with van der Waals surface area (Å²) in [6.45, 7) is 1.03. The fraction of sp³-hybridized carbons (Fsp3) is 0.438. The first kappa shape index (κ1) is 12.1. The predicted molar refractivity (Wildman–Crippen MR) is 77.6 cm³/mol. The van der Waals surface area contributed by atoms with Gasteiger partial charge in [-0.15, -0.1) is 0 Å². The number of nitrogens with zero attached hydrogens (tertiary/aromatic N) is 2. The van der Waals surface area contributed by atoms with Crippen molar-refractivity contribution in [3.8, 4) is 6.07 Å². The molecule has 0 aliphatic heterocycles. The molecule has 3 nitrogen and oxygen atoms in total. The first-order chi connectivity index (χ1) is 9.28. The minimum atomic E-state index is 0.722. The average Bonchev–Trinajstić information content (AvgIpc) is 2.77. The molecule has 1 heterocycles. The molecule has 1 aliphatic carbocycles. The second-order valence-corrected chi connectivity index (χ2v) is 5.59. The summed E-state index contributed by atoms with van der Waals surface area (Å²) in [4.78, 5) is 0. The van der Waals surface area contributed by atoms with Crippen LogP contribution < -0.4 is 5.73 Å². The van der Waals surface area contributed by atoms with Crippen molar-refractivity contribution < 1.29 is 0 Å². The standard InChI is InChI=1S/C16H19N3/c17-9-13-11-19(10-12-4-2-1-3-5-12)16-7-6-14(18)8-15(13)16/h6-8,11-12H,1-5,10,18H2. The molecule has 0 atom stereocenters. The molecule has 19 heavy (non-hydrogen) atoms. The van der Waals surface area contributed by atoms with Crippen molar-refractivity contribution in [2.45, 2.75) is 38.6 Å². The van der Waals surface area contributed by atoms with Crippen molar-refractivity contribution in [2.24, 2.45) is 5.92 Å². The van der Waals surface area contributed by atoms with Crippen LogP contribution in [0.4, 0.5) is 5.69 Å². The van der Waals surface area contributed by atoms with Gasteiger partial charge >= 0.3 is 0 Å². The van der Waals surface area contributed by atoms with Crippen molar-refractivity contribution in [1.82, 2.24) is 4.57 Å². The van der Waals surface area contributed by atoms with Crippen molar-refractivity contribution in [3.63, 3.8) is 0 Å². The summed E-state index contributed by atoms with van der Waals surface area (Å²) in [6, 6.07) is 8.14. The molecule has 1 fully saturated rings. The molecule has 1 aromatic carbocycles. The van der Waals surface area contributed by atoms with Gasteiger partial charge in [-0.25, -0.2) is 0 Å². The van der Waals surface area contributed by atoms with E-state index in [0.29, 0.717) is 0 Å². The van der Waals surface area contributed by atoms with Crippen LogP contribution >= 0.6 is 0 Å². The third-order valence-electron chi connectivity index (χ3n) is 4.21. The van der Waals surface area contributed by atoms with E-state index in [1.165, 1.54) is 32.1 Å². The zero-order valence-corrected chi connectivity index (χ0v) is 11.1. The van der Waals surface area contributed by atoms with Gasteiger partial charge in [-0.3, -0.25) is 0 Å². The molecule has 0 amide bonds. The van der Waals surface area contributed by atoms with Gasteiger partial charge in [0.2, 0.25) is 0 Å². The van der Waals surface area contributed by atoms with Gasteiger partial charge in [0.1, 0.15) is 6.07 Å². The van der Waals surface area contributed by atoms with Gasteiger partial charge in [0.25, 0.3) is 0 Å². The lowest BCUT2D eigenvalue weighted by atomic mass is 9.89. The van der Waals surface area contributed by atoms with Crippen molar-refractivity contribution >= 4 is 16.6 Å². The Labute approximate surface area is 113 Å². The Morgan fingerprint density at radius 2 is 2.05 bits per heavy atom. The lowest BCUT2D eigenvalue weighted by molar-refractivity contribution is 0.322. The van der Waals surface area contributed by atoms with Crippen LogP contribution in [0.15, 0.2) is 24.4 Å². The molecule has 1 aliphatic rings. The Kier molecular flexibility index (Phi) is 3.16. The summed E-state index contributed by atoms with van der Waals surface area (Å²) >= 11 is 0. The van der Waals surface area contributed by atoms with E-state index in [1.807, 2.05) is 24.4 Å². The zero-order valence-electron chi connectivity index (χ0n) is 11.1. The van der Waals surface area contributed by atoms with Crippen LogP contribution in [0.1, 0.15) is 37.7 Å². The van der Waals surface area contributed by atoms with E-state index >= 15 is 0 Å². The van der Waals surface area contributed by atoms with E-state index in [2.05, 4.69) is 10.6 Å². The molecular weight excluding hydrogens is 234 g/mol. The van der Waals surface area contributed by atoms with Gasteiger partial charge in [0.15, 0.2) is 0 Å². The van der Waals surface area contributed by atoms with Crippen LogP contribution in [-0.2, 0) is 6.54 Å². The summed E-state index contributed by atoms with van der Waals surface area (Å²) in [7, 11) is 0. The van der Waals surface area contributed by atoms with Gasteiger partial charge in [-0.05, 0) is 37.0 Å². The number of hydrogen-bond donors (Lipinski definition) is 1. The molecule has 0 bridgehead atoms. The predicted octanol–water partition coefficient (Wildman–Crippen LogP) is 3.68. The van der Waals surface area contributed by atoms with Crippen LogP contribution in [0.5, 0.6) is 0 Å². The number of nitriles is 1. The quantitative estimate of drug-likeness (QED) is 0.830. The highest BCUT2D eigenvalue weighted by atomic mass is 15.0. The fourth-order valence-electron chi connectivity index (χ4n) is 3.20. The molecule has 0 unspecified atom stereocenters. The van der Waals surface area contributed by atoms with E-state index < -0.39 is 0 Å². The maximum atomic E-state index is 9.24. The number of hydrogen-bond acceptors (Lipinski definition) is 2. The highest BCUT2D eigenvalue weighted by Gasteiger charge is 2.16. The Bertz CT molecular complexity index is 627. The number of rotatable bonds is 2. The van der Waals surface area contributed by atoms with E-state index in [-0.39, 0.29) is 0 Å². The first-order valence-corrected chi connectivity index (χ1v) is 7.06. The van der Waals surface area contributed by atoms with Crippen molar-refractivity contribution in [3.05, 3.63) is 30.0 Å². The van der Waals surface area contributed by atoms with Crippen molar-refractivity contribution in [1.29, 1.82) is 5.26 Å². The molecule has 98 valence electrons. The van der Waals surface area contributed by atoms with Gasteiger partial charge in [0, 0.05) is 29.3 Å². The molecule has 2 aromatic rings. The first-order valence-electron chi connectivity index (χ1n) is 7.06. The Balaban J connectivity index is 1.97. The molecular formula is C16H19N3. The molecule has 0 saturated heterocycles. The number of benzene rings is 1. The van der Waals surface area contributed by atoms with E-state index in [9.17, 15) is 5.26 Å². The Morgan fingerprint density at radius 3 is 2.79 bits per heavy atom. The molecule has 0 radical (unpaired) electrons. The summed E-state index contributed by atoms with van der Waals surface area (Å²) < 4.78 is 2.24.